The predicted molar refractivity (Wildman–Crippen MR) is 165 cm³/mol. The van der Waals surface area contributed by atoms with E-state index in [1.54, 1.807) is 36.0 Å². The first-order valence-corrected chi connectivity index (χ1v) is 14.5. The molecule has 1 amide bonds. The van der Waals surface area contributed by atoms with Crippen molar-refractivity contribution in [2.75, 3.05) is 36.5 Å². The second-order valence-corrected chi connectivity index (χ2v) is 11.9. The van der Waals surface area contributed by atoms with Gasteiger partial charge in [-0.25, -0.2) is 18.0 Å². The molecule has 0 N–H and O–H groups in total. The van der Waals surface area contributed by atoms with Crippen LogP contribution in [0.3, 0.4) is 0 Å². The summed E-state index contributed by atoms with van der Waals surface area (Å²) >= 11 is 0. The van der Waals surface area contributed by atoms with Crippen molar-refractivity contribution in [2.45, 2.75) is 45.7 Å². The molecule has 0 aliphatic carbocycles. The molecule has 2 aromatic carbocycles. The van der Waals surface area contributed by atoms with E-state index in [9.17, 15) is 9.59 Å². The summed E-state index contributed by atoms with van der Waals surface area (Å²) in [5.74, 6) is -3.13. The highest BCUT2D eigenvalue weighted by Gasteiger charge is 2.41. The van der Waals surface area contributed by atoms with Crippen LogP contribution in [0.25, 0.3) is 27.7 Å². The maximum absolute atomic E-state index is 17.2. The number of carbonyl (C=O) groups excluding carboxylic acids is 1. The quantitative estimate of drug-likeness (QED) is 0.294. The lowest BCUT2D eigenvalue weighted by Gasteiger charge is -2.45. The molecule has 2 aliphatic heterocycles. The number of rotatable bonds is 4. The van der Waals surface area contributed by atoms with Crippen LogP contribution >= 0.6 is 0 Å². The molecule has 2 aromatic heterocycles. The second kappa shape index (κ2) is 10.8. The zero-order valence-corrected chi connectivity index (χ0v) is 25.2. The highest BCUT2D eigenvalue weighted by molar-refractivity contribution is 6.05. The fourth-order valence-electron chi connectivity index (χ4n) is 6.62. The summed E-state index contributed by atoms with van der Waals surface area (Å²) in [6, 6.07) is 6.40. The first-order chi connectivity index (χ1) is 21.0. The molecule has 0 saturated carbocycles. The topological polar surface area (TPSA) is 74.6 Å². The number of amides is 1. The average Bonchev–Trinajstić information content (AvgIpc) is 3.09. The van der Waals surface area contributed by atoms with Crippen LogP contribution in [-0.2, 0) is 4.79 Å². The molecule has 0 radical (unpaired) electrons. The largest absolute Gasteiger partial charge is 0.369 e. The standard InChI is InChI=1S/C33H33F3N6O2/c1-7-23(43)40-16-20-15-39(6)30-25-31(27(36)24(26(30)35)21-10-8-9-11-22(21)34)42(29-18(4)12-13-37-28(29)17(2)3)33(44)38-32(25)41(20)14-19(40)5/h7-13,17,19-20H,1,14-16H2,2-6H3. The van der Waals surface area contributed by atoms with Crippen molar-refractivity contribution in [1.29, 1.82) is 0 Å². The molecule has 6 rings (SSSR count). The van der Waals surface area contributed by atoms with Crippen molar-refractivity contribution < 1.29 is 18.0 Å². The number of nitrogens with zero attached hydrogens (tertiary/aromatic N) is 6. The van der Waals surface area contributed by atoms with E-state index >= 15 is 13.2 Å². The Morgan fingerprint density at radius 2 is 1.80 bits per heavy atom. The third kappa shape index (κ3) is 4.36. The number of pyridine rings is 1. The minimum atomic E-state index is -1.08. The summed E-state index contributed by atoms with van der Waals surface area (Å²) in [5, 5.41) is 0.0957. The molecule has 4 heterocycles. The molecule has 11 heteroatoms. The summed E-state index contributed by atoms with van der Waals surface area (Å²) in [5.41, 5.74) is -0.311. The van der Waals surface area contributed by atoms with Gasteiger partial charge in [-0.1, -0.05) is 38.6 Å². The van der Waals surface area contributed by atoms with E-state index in [-0.39, 0.29) is 65.5 Å². The Balaban J connectivity index is 1.78. The number of benzene rings is 2. The zero-order valence-electron chi connectivity index (χ0n) is 25.2. The van der Waals surface area contributed by atoms with Gasteiger partial charge in [0.2, 0.25) is 5.91 Å². The molecule has 2 aliphatic rings. The lowest BCUT2D eigenvalue weighted by molar-refractivity contribution is -0.128. The molecule has 44 heavy (non-hydrogen) atoms. The SMILES string of the molecule is C=CC(=O)N1CC2CN(C)c3c(F)c(-c4ccccc4F)c(F)c4c3c(nc(=O)n4-c3c(C)ccnc3C(C)C)N2CC1C. The number of likely N-dealkylation sites (N-methyl/N-ethyl adjacent to an activating group) is 1. The average molecular weight is 603 g/mol. The fraction of sp³-hybridized carbons (Fsp3) is 0.333. The Hall–Kier alpha value is -4.67. The number of carbonyl (C=O) groups is 1. The van der Waals surface area contributed by atoms with Crippen molar-refractivity contribution in [3.05, 3.63) is 88.4 Å². The monoisotopic (exact) mass is 602 g/mol. The molecule has 2 unspecified atom stereocenters. The molecule has 1 saturated heterocycles. The van der Waals surface area contributed by atoms with Crippen LogP contribution in [0.2, 0.25) is 0 Å². The summed E-state index contributed by atoms with van der Waals surface area (Å²) in [4.78, 5) is 41.0. The first kappa shape index (κ1) is 29.4. The number of hydrogen-bond donors (Lipinski definition) is 0. The molecular formula is C33H33F3N6O2. The lowest BCUT2D eigenvalue weighted by Crippen LogP contribution is -2.61. The van der Waals surface area contributed by atoms with Crippen LogP contribution in [-0.4, -0.2) is 64.1 Å². The normalized spacial score (nSPS) is 18.1. The zero-order chi connectivity index (χ0) is 31.6. The summed E-state index contributed by atoms with van der Waals surface area (Å²) in [6.07, 6.45) is 2.87. The van der Waals surface area contributed by atoms with Gasteiger partial charge in [0.25, 0.3) is 0 Å². The number of aromatic nitrogens is 3. The smallest absolute Gasteiger partial charge is 0.354 e. The molecule has 0 spiro atoms. The number of piperazine rings is 1. The number of fused-ring (bicyclic) bond motifs is 2. The van der Waals surface area contributed by atoms with Gasteiger partial charge in [-0.05, 0) is 43.5 Å². The van der Waals surface area contributed by atoms with Crippen LogP contribution in [0.1, 0.15) is 37.9 Å². The Morgan fingerprint density at radius 3 is 2.48 bits per heavy atom. The highest BCUT2D eigenvalue weighted by Crippen LogP contribution is 2.46. The van der Waals surface area contributed by atoms with Gasteiger partial charge >= 0.3 is 5.69 Å². The lowest BCUT2D eigenvalue weighted by atomic mass is 9.98. The Labute approximate surface area is 253 Å². The maximum atomic E-state index is 17.2. The van der Waals surface area contributed by atoms with Gasteiger partial charge in [0.15, 0.2) is 11.6 Å². The third-order valence-corrected chi connectivity index (χ3v) is 8.67. The van der Waals surface area contributed by atoms with Gasteiger partial charge in [0, 0.05) is 44.5 Å². The van der Waals surface area contributed by atoms with E-state index in [0.29, 0.717) is 16.9 Å². The van der Waals surface area contributed by atoms with Gasteiger partial charge < -0.3 is 14.7 Å². The van der Waals surface area contributed by atoms with E-state index < -0.39 is 34.7 Å². The van der Waals surface area contributed by atoms with Gasteiger partial charge in [0.1, 0.15) is 17.2 Å². The van der Waals surface area contributed by atoms with Crippen molar-refractivity contribution in [3.63, 3.8) is 0 Å². The van der Waals surface area contributed by atoms with Crippen molar-refractivity contribution >= 4 is 28.3 Å². The Bertz CT molecular complexity index is 1910. The molecule has 2 atom stereocenters. The van der Waals surface area contributed by atoms with Crippen molar-refractivity contribution in [1.82, 2.24) is 19.4 Å². The summed E-state index contributed by atoms with van der Waals surface area (Å²) < 4.78 is 50.4. The van der Waals surface area contributed by atoms with Crippen molar-refractivity contribution in [2.24, 2.45) is 0 Å². The minimum absolute atomic E-state index is 0.00723. The molecule has 8 nitrogen and oxygen atoms in total. The van der Waals surface area contributed by atoms with Crippen LogP contribution in [0.4, 0.5) is 24.7 Å². The Morgan fingerprint density at radius 1 is 1.07 bits per heavy atom. The number of aryl methyl sites for hydroxylation is 1. The van der Waals surface area contributed by atoms with E-state index in [4.69, 9.17) is 0 Å². The van der Waals surface area contributed by atoms with Crippen molar-refractivity contribution in [3.8, 4) is 16.8 Å². The molecule has 4 aromatic rings. The van der Waals surface area contributed by atoms with E-state index in [1.807, 2.05) is 25.7 Å². The summed E-state index contributed by atoms with van der Waals surface area (Å²) in [6.45, 7) is 11.8. The maximum Gasteiger partial charge on any atom is 0.354 e. The van der Waals surface area contributed by atoms with Gasteiger partial charge in [-0.3, -0.25) is 14.3 Å². The predicted octanol–water partition coefficient (Wildman–Crippen LogP) is 5.34. The third-order valence-electron chi connectivity index (χ3n) is 8.67. The van der Waals surface area contributed by atoms with E-state index in [0.717, 1.165) is 10.6 Å². The number of anilines is 2. The molecule has 1 fully saturated rings. The van der Waals surface area contributed by atoms with E-state index in [2.05, 4.69) is 16.5 Å². The molecular weight excluding hydrogens is 569 g/mol. The Kier molecular flexibility index (Phi) is 7.22. The second-order valence-electron chi connectivity index (χ2n) is 11.9. The molecule has 228 valence electrons. The van der Waals surface area contributed by atoms with Crippen LogP contribution in [0.15, 0.2) is 54.0 Å². The van der Waals surface area contributed by atoms with Crippen LogP contribution in [0.5, 0.6) is 0 Å². The molecule has 0 bridgehead atoms. The first-order valence-electron chi connectivity index (χ1n) is 14.5. The van der Waals surface area contributed by atoms with Gasteiger partial charge in [0.05, 0.1) is 34.1 Å². The number of halogens is 3. The fourth-order valence-corrected chi connectivity index (χ4v) is 6.62. The van der Waals surface area contributed by atoms with Crippen LogP contribution in [0, 0.1) is 24.4 Å². The highest BCUT2D eigenvalue weighted by atomic mass is 19.1. The van der Waals surface area contributed by atoms with Crippen LogP contribution < -0.4 is 15.5 Å². The van der Waals surface area contributed by atoms with E-state index in [1.165, 1.54) is 24.3 Å². The summed E-state index contributed by atoms with van der Waals surface area (Å²) in [7, 11) is 1.66. The van der Waals surface area contributed by atoms with Gasteiger partial charge in [-0.2, -0.15) is 4.98 Å². The van der Waals surface area contributed by atoms with Gasteiger partial charge in [-0.15, -0.1) is 0 Å². The number of hydrogen-bond acceptors (Lipinski definition) is 6. The minimum Gasteiger partial charge on any atom is -0.369 e.